The van der Waals surface area contributed by atoms with Crippen LogP contribution in [0.5, 0.6) is 0 Å². The molecule has 1 rings (SSSR count). The van der Waals surface area contributed by atoms with E-state index in [2.05, 4.69) is 0 Å². The minimum Gasteiger partial charge on any atom is -0.389 e. The molecule has 5 nitrogen and oxygen atoms in total. The minimum atomic E-state index is -4.81. The molecule has 0 spiro atoms. The van der Waals surface area contributed by atoms with E-state index in [0.717, 1.165) is 0 Å². The molecular formula is C10H9ClF3NO4. The summed E-state index contributed by atoms with van der Waals surface area (Å²) in [6.45, 7) is 0. The highest BCUT2D eigenvalue weighted by Crippen LogP contribution is 2.37. The van der Waals surface area contributed by atoms with E-state index in [-0.39, 0.29) is 0 Å². The van der Waals surface area contributed by atoms with Crippen molar-refractivity contribution in [2.45, 2.75) is 18.4 Å². The average Bonchev–Trinajstić information content (AvgIpc) is 2.35. The van der Waals surface area contributed by atoms with E-state index in [4.69, 9.17) is 11.6 Å². The molecule has 0 radical (unpaired) electrons. The van der Waals surface area contributed by atoms with Crippen molar-refractivity contribution in [1.82, 2.24) is 0 Å². The third-order valence-electron chi connectivity index (χ3n) is 2.39. The minimum absolute atomic E-state index is 0.484. The topological polar surface area (TPSA) is 83.6 Å². The van der Waals surface area contributed by atoms with Crippen LogP contribution in [0.2, 0.25) is 0 Å². The Kier molecular flexibility index (Phi) is 4.72. The molecule has 0 aromatic heterocycles. The Hall–Kier alpha value is -1.38. The highest BCUT2D eigenvalue weighted by Gasteiger charge is 2.37. The van der Waals surface area contributed by atoms with Crippen molar-refractivity contribution in [2.75, 3.05) is 5.88 Å². The van der Waals surface area contributed by atoms with E-state index < -0.39 is 46.0 Å². The van der Waals surface area contributed by atoms with Gasteiger partial charge in [0.15, 0.2) is 0 Å². The highest BCUT2D eigenvalue weighted by atomic mass is 35.5. The van der Waals surface area contributed by atoms with Gasteiger partial charge in [-0.05, 0) is 6.07 Å². The molecule has 0 aliphatic rings. The predicted octanol–water partition coefficient (Wildman–Crippen LogP) is 2.25. The monoisotopic (exact) mass is 299 g/mol. The molecule has 0 bridgehead atoms. The summed E-state index contributed by atoms with van der Waals surface area (Å²) in [4.78, 5) is 9.63. The number of nitrogens with zero attached hydrogens (tertiary/aromatic N) is 1. The van der Waals surface area contributed by atoms with Crippen LogP contribution in [-0.2, 0) is 6.18 Å². The standard InChI is InChI=1S/C10H9ClF3NO4/c11-4-8(16)9(17)6-3-5(15(18)19)1-2-7(6)10(12,13)14/h1-3,8-9,16-17H,4H2. The molecule has 106 valence electrons. The molecule has 0 saturated carbocycles. The zero-order valence-electron chi connectivity index (χ0n) is 9.26. The Morgan fingerprint density at radius 3 is 2.37 bits per heavy atom. The molecule has 0 amide bonds. The van der Waals surface area contributed by atoms with Crippen molar-refractivity contribution in [3.05, 3.63) is 39.4 Å². The van der Waals surface area contributed by atoms with Gasteiger partial charge in [0, 0.05) is 17.7 Å². The van der Waals surface area contributed by atoms with Gasteiger partial charge in [-0.2, -0.15) is 13.2 Å². The summed E-state index contributed by atoms with van der Waals surface area (Å²) in [6.07, 6.45) is -8.43. The van der Waals surface area contributed by atoms with E-state index in [1.807, 2.05) is 0 Å². The average molecular weight is 300 g/mol. The molecule has 1 aromatic rings. The number of nitro benzene ring substituents is 1. The molecular weight excluding hydrogens is 291 g/mol. The molecule has 0 aliphatic heterocycles. The second-order valence-electron chi connectivity index (χ2n) is 3.69. The van der Waals surface area contributed by atoms with Gasteiger partial charge < -0.3 is 10.2 Å². The molecule has 2 N–H and O–H groups in total. The maximum absolute atomic E-state index is 12.7. The number of nitro groups is 1. The summed E-state index contributed by atoms with van der Waals surface area (Å²) in [5.74, 6) is -0.513. The molecule has 2 unspecified atom stereocenters. The first-order valence-electron chi connectivity index (χ1n) is 4.96. The third kappa shape index (κ3) is 3.55. The van der Waals surface area contributed by atoms with Gasteiger partial charge in [-0.15, -0.1) is 11.6 Å². The lowest BCUT2D eigenvalue weighted by molar-refractivity contribution is -0.385. The van der Waals surface area contributed by atoms with E-state index in [1.54, 1.807) is 0 Å². The molecule has 0 saturated heterocycles. The number of alkyl halides is 4. The van der Waals surface area contributed by atoms with Crippen LogP contribution in [0.15, 0.2) is 18.2 Å². The van der Waals surface area contributed by atoms with Gasteiger partial charge in [0.25, 0.3) is 5.69 Å². The van der Waals surface area contributed by atoms with Gasteiger partial charge >= 0.3 is 6.18 Å². The normalized spacial score (nSPS) is 15.1. The zero-order chi connectivity index (χ0) is 14.8. The Bertz CT molecular complexity index is 480. The number of hydrogen-bond acceptors (Lipinski definition) is 4. The molecule has 2 atom stereocenters. The van der Waals surface area contributed by atoms with Crippen molar-refractivity contribution in [3.63, 3.8) is 0 Å². The maximum Gasteiger partial charge on any atom is 0.416 e. The lowest BCUT2D eigenvalue weighted by Crippen LogP contribution is -2.23. The van der Waals surface area contributed by atoms with Crippen LogP contribution < -0.4 is 0 Å². The van der Waals surface area contributed by atoms with Crippen molar-refractivity contribution < 1.29 is 28.3 Å². The number of aliphatic hydroxyl groups is 2. The number of rotatable bonds is 4. The quantitative estimate of drug-likeness (QED) is 0.507. The number of halogens is 4. The number of aliphatic hydroxyl groups excluding tert-OH is 2. The Morgan fingerprint density at radius 1 is 1.37 bits per heavy atom. The lowest BCUT2D eigenvalue weighted by atomic mass is 9.98. The van der Waals surface area contributed by atoms with E-state index in [9.17, 15) is 33.5 Å². The molecule has 9 heteroatoms. The van der Waals surface area contributed by atoms with Crippen molar-refractivity contribution in [2.24, 2.45) is 0 Å². The number of non-ortho nitro benzene ring substituents is 1. The summed E-state index contributed by atoms with van der Waals surface area (Å²) in [7, 11) is 0. The zero-order valence-corrected chi connectivity index (χ0v) is 10.0. The summed E-state index contributed by atoms with van der Waals surface area (Å²) in [6, 6.07) is 1.73. The number of benzene rings is 1. The first kappa shape index (κ1) is 15.7. The van der Waals surface area contributed by atoms with E-state index in [0.29, 0.717) is 18.2 Å². The second-order valence-corrected chi connectivity index (χ2v) is 4.00. The van der Waals surface area contributed by atoms with Crippen molar-refractivity contribution in [3.8, 4) is 0 Å². The molecule has 19 heavy (non-hydrogen) atoms. The second kappa shape index (κ2) is 5.72. The van der Waals surface area contributed by atoms with Gasteiger partial charge in [-0.3, -0.25) is 10.1 Å². The summed E-state index contributed by atoms with van der Waals surface area (Å²) in [5.41, 5.74) is -2.66. The molecule has 0 fully saturated rings. The summed E-state index contributed by atoms with van der Waals surface area (Å²) >= 11 is 5.24. The van der Waals surface area contributed by atoms with E-state index >= 15 is 0 Å². The smallest absolute Gasteiger partial charge is 0.389 e. The highest BCUT2D eigenvalue weighted by molar-refractivity contribution is 6.18. The fourth-order valence-electron chi connectivity index (χ4n) is 1.46. The van der Waals surface area contributed by atoms with Crippen LogP contribution in [0.3, 0.4) is 0 Å². The summed E-state index contributed by atoms with van der Waals surface area (Å²) < 4.78 is 38.1. The van der Waals surface area contributed by atoms with Crippen LogP contribution in [0, 0.1) is 10.1 Å². The fourth-order valence-corrected chi connectivity index (χ4v) is 1.63. The predicted molar refractivity (Wildman–Crippen MR) is 59.8 cm³/mol. The van der Waals surface area contributed by atoms with Gasteiger partial charge in [0.2, 0.25) is 0 Å². The van der Waals surface area contributed by atoms with Crippen LogP contribution in [0.4, 0.5) is 18.9 Å². The fraction of sp³-hybridized carbons (Fsp3) is 0.400. The maximum atomic E-state index is 12.7. The lowest BCUT2D eigenvalue weighted by Gasteiger charge is -2.20. The van der Waals surface area contributed by atoms with Gasteiger partial charge in [-0.25, -0.2) is 0 Å². The largest absolute Gasteiger partial charge is 0.416 e. The SMILES string of the molecule is O=[N+]([O-])c1ccc(C(F)(F)F)c(C(O)C(O)CCl)c1. The first-order chi connectivity index (χ1) is 8.68. The first-order valence-corrected chi connectivity index (χ1v) is 5.49. The van der Waals surface area contributed by atoms with E-state index in [1.165, 1.54) is 0 Å². The van der Waals surface area contributed by atoms with Crippen molar-refractivity contribution in [1.29, 1.82) is 0 Å². The third-order valence-corrected chi connectivity index (χ3v) is 2.71. The summed E-state index contributed by atoms with van der Waals surface area (Å²) in [5, 5.41) is 29.4. The Morgan fingerprint density at radius 2 is 1.95 bits per heavy atom. The van der Waals surface area contributed by atoms with Crippen LogP contribution >= 0.6 is 11.6 Å². The van der Waals surface area contributed by atoms with Gasteiger partial charge in [-0.1, -0.05) is 0 Å². The Balaban J connectivity index is 3.38. The van der Waals surface area contributed by atoms with Crippen molar-refractivity contribution >= 4 is 17.3 Å². The van der Waals surface area contributed by atoms with Crippen LogP contribution in [0.1, 0.15) is 17.2 Å². The molecule has 0 aliphatic carbocycles. The molecule has 1 aromatic carbocycles. The number of hydrogen-bond donors (Lipinski definition) is 2. The van der Waals surface area contributed by atoms with Crippen LogP contribution in [-0.4, -0.2) is 27.1 Å². The molecule has 0 heterocycles. The van der Waals surface area contributed by atoms with Gasteiger partial charge in [0.1, 0.15) is 6.10 Å². The Labute approximate surface area is 110 Å². The van der Waals surface area contributed by atoms with Gasteiger partial charge in [0.05, 0.1) is 22.5 Å². The van der Waals surface area contributed by atoms with Crippen LogP contribution in [0.25, 0.3) is 0 Å².